The lowest BCUT2D eigenvalue weighted by Gasteiger charge is -2.20. The third-order valence-corrected chi connectivity index (χ3v) is 4.28. The standard InChI is InChI=1S/C19H20F3NO2/c1-24-16-10-8-14(9-11-16)18(13-6-7-13)23-12-15-4-2-3-5-17(15)25-19(20,21)22/h2-5,8-11,13,18,23H,6-7,12H2,1H3. The molecule has 0 aromatic heterocycles. The number of benzene rings is 2. The number of alkyl halides is 3. The van der Waals surface area contributed by atoms with Crippen molar-refractivity contribution in [1.29, 1.82) is 0 Å². The van der Waals surface area contributed by atoms with Gasteiger partial charge in [-0.25, -0.2) is 0 Å². The summed E-state index contributed by atoms with van der Waals surface area (Å²) in [6, 6.07) is 14.1. The first-order valence-electron chi connectivity index (χ1n) is 8.17. The summed E-state index contributed by atoms with van der Waals surface area (Å²) in [6.45, 7) is 0.305. The van der Waals surface area contributed by atoms with E-state index in [9.17, 15) is 13.2 Å². The zero-order valence-corrected chi connectivity index (χ0v) is 13.8. The molecule has 3 rings (SSSR count). The van der Waals surface area contributed by atoms with Crippen molar-refractivity contribution in [1.82, 2.24) is 5.32 Å². The minimum atomic E-state index is -4.69. The SMILES string of the molecule is COc1ccc(C(NCc2ccccc2OC(F)(F)F)C2CC2)cc1. The van der Waals surface area contributed by atoms with Crippen LogP contribution in [0.1, 0.15) is 30.0 Å². The molecule has 0 saturated heterocycles. The van der Waals surface area contributed by atoms with E-state index in [0.717, 1.165) is 24.2 Å². The van der Waals surface area contributed by atoms with Gasteiger partial charge in [-0.15, -0.1) is 13.2 Å². The van der Waals surface area contributed by atoms with Crippen LogP contribution in [-0.4, -0.2) is 13.5 Å². The van der Waals surface area contributed by atoms with E-state index in [1.807, 2.05) is 24.3 Å². The van der Waals surface area contributed by atoms with Crippen molar-refractivity contribution in [2.24, 2.45) is 5.92 Å². The van der Waals surface area contributed by atoms with Gasteiger partial charge in [0.2, 0.25) is 0 Å². The molecule has 134 valence electrons. The number of ether oxygens (including phenoxy) is 2. The molecule has 1 fully saturated rings. The molecular weight excluding hydrogens is 331 g/mol. The van der Waals surface area contributed by atoms with Crippen molar-refractivity contribution in [3.63, 3.8) is 0 Å². The van der Waals surface area contributed by atoms with Gasteiger partial charge in [0.05, 0.1) is 7.11 Å². The number of para-hydroxylation sites is 1. The van der Waals surface area contributed by atoms with Gasteiger partial charge in [0, 0.05) is 18.2 Å². The maximum Gasteiger partial charge on any atom is 0.573 e. The topological polar surface area (TPSA) is 30.5 Å². The monoisotopic (exact) mass is 351 g/mol. The van der Waals surface area contributed by atoms with E-state index < -0.39 is 6.36 Å². The van der Waals surface area contributed by atoms with E-state index in [0.29, 0.717) is 18.0 Å². The summed E-state index contributed by atoms with van der Waals surface area (Å²) in [5.41, 5.74) is 1.59. The van der Waals surface area contributed by atoms with Crippen LogP contribution in [0.25, 0.3) is 0 Å². The van der Waals surface area contributed by atoms with Gasteiger partial charge >= 0.3 is 6.36 Å². The van der Waals surface area contributed by atoms with Crippen LogP contribution in [0.15, 0.2) is 48.5 Å². The molecule has 6 heteroatoms. The Bertz CT molecular complexity index is 697. The van der Waals surface area contributed by atoms with Gasteiger partial charge in [-0.3, -0.25) is 0 Å². The molecule has 1 unspecified atom stereocenters. The Morgan fingerprint density at radius 1 is 1.08 bits per heavy atom. The minimum Gasteiger partial charge on any atom is -0.497 e. The molecule has 0 bridgehead atoms. The quantitative estimate of drug-likeness (QED) is 0.775. The van der Waals surface area contributed by atoms with Gasteiger partial charge in [-0.2, -0.15) is 0 Å². The molecule has 0 aliphatic heterocycles. The number of hydrogen-bond acceptors (Lipinski definition) is 3. The normalized spacial score (nSPS) is 15.7. The van der Waals surface area contributed by atoms with Crippen molar-refractivity contribution >= 4 is 0 Å². The molecule has 2 aromatic carbocycles. The van der Waals surface area contributed by atoms with Crippen LogP contribution in [-0.2, 0) is 6.54 Å². The maximum absolute atomic E-state index is 12.5. The van der Waals surface area contributed by atoms with Crippen molar-refractivity contribution in [3.8, 4) is 11.5 Å². The van der Waals surface area contributed by atoms with Gasteiger partial charge in [0.1, 0.15) is 11.5 Å². The van der Waals surface area contributed by atoms with Crippen molar-refractivity contribution < 1.29 is 22.6 Å². The first-order chi connectivity index (χ1) is 12.0. The average molecular weight is 351 g/mol. The molecule has 25 heavy (non-hydrogen) atoms. The zero-order chi connectivity index (χ0) is 17.9. The zero-order valence-electron chi connectivity index (χ0n) is 13.8. The molecule has 2 aromatic rings. The summed E-state index contributed by atoms with van der Waals surface area (Å²) in [5, 5.41) is 3.39. The van der Waals surface area contributed by atoms with Crippen molar-refractivity contribution in [2.75, 3.05) is 7.11 Å². The van der Waals surface area contributed by atoms with Crippen LogP contribution in [0.2, 0.25) is 0 Å². The lowest BCUT2D eigenvalue weighted by Crippen LogP contribution is -2.24. The Labute approximate surface area is 144 Å². The minimum absolute atomic E-state index is 0.102. The van der Waals surface area contributed by atoms with Crippen LogP contribution in [0.5, 0.6) is 11.5 Å². The molecule has 0 amide bonds. The first-order valence-corrected chi connectivity index (χ1v) is 8.17. The Balaban J connectivity index is 1.72. The smallest absolute Gasteiger partial charge is 0.497 e. The Morgan fingerprint density at radius 2 is 1.76 bits per heavy atom. The molecular formula is C19H20F3NO2. The van der Waals surface area contributed by atoms with Gasteiger partial charge in [0.15, 0.2) is 0 Å². The van der Waals surface area contributed by atoms with E-state index >= 15 is 0 Å². The summed E-state index contributed by atoms with van der Waals surface area (Å²) >= 11 is 0. The summed E-state index contributed by atoms with van der Waals surface area (Å²) in [7, 11) is 1.61. The second-order valence-electron chi connectivity index (χ2n) is 6.12. The second-order valence-corrected chi connectivity index (χ2v) is 6.12. The summed E-state index contributed by atoms with van der Waals surface area (Å²) < 4.78 is 46.9. The molecule has 3 nitrogen and oxygen atoms in total. The highest BCUT2D eigenvalue weighted by Gasteiger charge is 2.33. The Hall–Kier alpha value is -2.21. The molecule has 1 N–H and O–H groups in total. The van der Waals surface area contributed by atoms with Gasteiger partial charge < -0.3 is 14.8 Å². The van der Waals surface area contributed by atoms with Crippen molar-refractivity contribution in [2.45, 2.75) is 31.8 Å². The average Bonchev–Trinajstić information content (AvgIpc) is 3.41. The first kappa shape index (κ1) is 17.6. The van der Waals surface area contributed by atoms with Crippen LogP contribution in [0.3, 0.4) is 0 Å². The fourth-order valence-electron chi connectivity index (χ4n) is 2.89. The number of hydrogen-bond donors (Lipinski definition) is 1. The summed E-state index contributed by atoms with van der Waals surface area (Å²) in [4.78, 5) is 0. The Morgan fingerprint density at radius 3 is 2.36 bits per heavy atom. The fraction of sp³-hybridized carbons (Fsp3) is 0.368. The molecule has 1 atom stereocenters. The van der Waals surface area contributed by atoms with Crippen molar-refractivity contribution in [3.05, 3.63) is 59.7 Å². The lowest BCUT2D eigenvalue weighted by atomic mass is 10.0. The van der Waals surface area contributed by atoms with Crippen LogP contribution in [0, 0.1) is 5.92 Å². The number of nitrogens with one attached hydrogen (secondary N) is 1. The molecule has 1 saturated carbocycles. The maximum atomic E-state index is 12.5. The van der Waals surface area contributed by atoms with E-state index in [-0.39, 0.29) is 11.8 Å². The molecule has 1 aliphatic rings. The van der Waals surface area contributed by atoms with Gasteiger partial charge in [-0.05, 0) is 42.5 Å². The number of rotatable bonds is 7. The predicted octanol–water partition coefficient (Wildman–Crippen LogP) is 4.83. The predicted molar refractivity (Wildman–Crippen MR) is 88.4 cm³/mol. The van der Waals surface area contributed by atoms with Crippen LogP contribution in [0.4, 0.5) is 13.2 Å². The summed E-state index contributed by atoms with van der Waals surface area (Å²) in [6.07, 6.45) is -2.46. The van der Waals surface area contributed by atoms with Crippen LogP contribution >= 0.6 is 0 Å². The highest BCUT2D eigenvalue weighted by Crippen LogP contribution is 2.41. The third-order valence-electron chi connectivity index (χ3n) is 4.28. The van der Waals surface area contributed by atoms with E-state index in [2.05, 4.69) is 10.1 Å². The number of methoxy groups -OCH3 is 1. The molecule has 0 heterocycles. The Kier molecular flexibility index (Phi) is 5.18. The van der Waals surface area contributed by atoms with Gasteiger partial charge in [0.25, 0.3) is 0 Å². The molecule has 0 radical (unpaired) electrons. The second kappa shape index (κ2) is 7.35. The van der Waals surface area contributed by atoms with E-state index in [4.69, 9.17) is 4.74 Å². The molecule has 1 aliphatic carbocycles. The largest absolute Gasteiger partial charge is 0.573 e. The summed E-state index contributed by atoms with van der Waals surface area (Å²) in [5.74, 6) is 1.12. The highest BCUT2D eigenvalue weighted by molar-refractivity contribution is 5.34. The van der Waals surface area contributed by atoms with E-state index in [1.54, 1.807) is 19.2 Å². The third kappa shape index (κ3) is 4.89. The van der Waals surface area contributed by atoms with Crippen LogP contribution < -0.4 is 14.8 Å². The number of halogens is 3. The lowest BCUT2D eigenvalue weighted by molar-refractivity contribution is -0.274. The highest BCUT2D eigenvalue weighted by atomic mass is 19.4. The fourth-order valence-corrected chi connectivity index (χ4v) is 2.89. The van der Waals surface area contributed by atoms with Gasteiger partial charge in [-0.1, -0.05) is 30.3 Å². The molecule has 0 spiro atoms. The van der Waals surface area contributed by atoms with E-state index in [1.165, 1.54) is 12.1 Å².